The van der Waals surface area contributed by atoms with Crippen LogP contribution in [0.3, 0.4) is 0 Å². The molecule has 5 aliphatic carbocycles. The van der Waals surface area contributed by atoms with Crippen molar-refractivity contribution in [2.24, 2.45) is 10.8 Å². The van der Waals surface area contributed by atoms with Crippen molar-refractivity contribution in [1.82, 2.24) is 10.2 Å². The van der Waals surface area contributed by atoms with E-state index < -0.39 is 24.8 Å². The SMILES string of the molecule is C=C(C=O)CN1C2CC23CC1(COC(=O)N[C@@H](Cc1coc2ccccc12)B1O[C@@H]2CC4=C=C(C4(C)C)[C@]2(C)O1)C3. The van der Waals surface area contributed by atoms with Crippen LogP contribution in [0.25, 0.3) is 11.0 Å². The van der Waals surface area contributed by atoms with E-state index in [1.54, 1.807) is 6.26 Å². The molecular weight excluding hydrogens is 519 g/mol. The van der Waals surface area contributed by atoms with Crippen molar-refractivity contribution in [3.63, 3.8) is 0 Å². The van der Waals surface area contributed by atoms with Crippen LogP contribution in [0.4, 0.5) is 4.79 Å². The van der Waals surface area contributed by atoms with Crippen molar-refractivity contribution in [1.29, 1.82) is 0 Å². The molecule has 1 spiro atoms. The number of hydrogen-bond acceptors (Lipinski definition) is 7. The Kier molecular flexibility index (Phi) is 5.16. The highest BCUT2D eigenvalue weighted by Crippen LogP contribution is 2.76. The maximum Gasteiger partial charge on any atom is 0.482 e. The molecule has 8 aliphatic rings. The van der Waals surface area contributed by atoms with Crippen molar-refractivity contribution < 1.29 is 28.1 Å². The third-order valence-electron chi connectivity index (χ3n) is 11.0. The Bertz CT molecular complexity index is 1580. The summed E-state index contributed by atoms with van der Waals surface area (Å²) in [6, 6.07) is 8.35. The average molecular weight is 554 g/mol. The molecule has 3 saturated carbocycles. The number of para-hydroxylation sites is 1. The summed E-state index contributed by atoms with van der Waals surface area (Å²) in [5.74, 6) is -0.495. The number of alkyl carbamates (subject to hydrolysis) is 1. The van der Waals surface area contributed by atoms with Gasteiger partial charge in [-0.3, -0.25) is 9.69 Å². The smallest absolute Gasteiger partial charge is 0.464 e. The Morgan fingerprint density at radius 3 is 2.90 bits per heavy atom. The molecular formula is C32H35BN2O6. The molecule has 4 heterocycles. The van der Waals surface area contributed by atoms with Gasteiger partial charge in [0, 0.05) is 35.4 Å². The summed E-state index contributed by atoms with van der Waals surface area (Å²) < 4.78 is 24.9. The maximum atomic E-state index is 13.4. The van der Waals surface area contributed by atoms with Crippen LogP contribution in [0.5, 0.6) is 0 Å². The van der Waals surface area contributed by atoms with Gasteiger partial charge in [-0.15, -0.1) is 5.73 Å². The second-order valence-electron chi connectivity index (χ2n) is 13.9. The monoisotopic (exact) mass is 554 g/mol. The number of piperidine rings is 2. The first-order chi connectivity index (χ1) is 19.6. The van der Waals surface area contributed by atoms with Crippen molar-refractivity contribution in [2.75, 3.05) is 13.2 Å². The molecule has 41 heavy (non-hydrogen) atoms. The molecule has 3 saturated heterocycles. The van der Waals surface area contributed by atoms with Crippen LogP contribution in [0.1, 0.15) is 52.0 Å². The van der Waals surface area contributed by atoms with E-state index in [2.05, 4.69) is 43.3 Å². The average Bonchev–Trinajstić information content (AvgIpc) is 3.15. The summed E-state index contributed by atoms with van der Waals surface area (Å²) >= 11 is 0. The minimum Gasteiger partial charge on any atom is -0.464 e. The molecule has 1 aromatic heterocycles. The molecule has 6 fully saturated rings. The van der Waals surface area contributed by atoms with E-state index in [9.17, 15) is 9.59 Å². The summed E-state index contributed by atoms with van der Waals surface area (Å²) in [4.78, 5) is 27.0. The second kappa shape index (κ2) is 8.26. The van der Waals surface area contributed by atoms with Gasteiger partial charge in [0.1, 0.15) is 24.1 Å². The lowest BCUT2D eigenvalue weighted by atomic mass is 9.57. The molecule has 9 heteroatoms. The lowest BCUT2D eigenvalue weighted by molar-refractivity contribution is -0.105. The van der Waals surface area contributed by atoms with Crippen LogP contribution in [0, 0.1) is 10.8 Å². The fourth-order valence-corrected chi connectivity index (χ4v) is 8.76. The van der Waals surface area contributed by atoms with Gasteiger partial charge in [-0.25, -0.2) is 4.79 Å². The molecule has 10 rings (SSSR count). The first-order valence-electron chi connectivity index (χ1n) is 14.7. The van der Waals surface area contributed by atoms with Crippen LogP contribution < -0.4 is 5.32 Å². The Morgan fingerprint density at radius 2 is 2.12 bits per heavy atom. The summed E-state index contributed by atoms with van der Waals surface area (Å²) in [7, 11) is -0.659. The lowest BCUT2D eigenvalue weighted by Gasteiger charge is -2.51. The van der Waals surface area contributed by atoms with E-state index in [1.807, 2.05) is 24.3 Å². The van der Waals surface area contributed by atoms with Gasteiger partial charge >= 0.3 is 13.2 Å². The summed E-state index contributed by atoms with van der Waals surface area (Å²) in [6.07, 6.45) is 6.35. The van der Waals surface area contributed by atoms with E-state index in [1.165, 1.54) is 5.57 Å². The third-order valence-corrected chi connectivity index (χ3v) is 11.0. The number of nitrogens with zero attached hydrogens (tertiary/aromatic N) is 1. The van der Waals surface area contributed by atoms with E-state index >= 15 is 0 Å². The molecule has 8 nitrogen and oxygen atoms in total. The number of fused-ring (bicyclic) bond motifs is 1. The number of benzene rings is 1. The molecule has 1 amide bonds. The highest BCUT2D eigenvalue weighted by molar-refractivity contribution is 6.48. The first-order valence-corrected chi connectivity index (χ1v) is 14.7. The molecule has 2 aromatic rings. The number of aldehydes is 1. The summed E-state index contributed by atoms with van der Waals surface area (Å²) in [6.45, 7) is 11.2. The first kappa shape index (κ1) is 25.6. The van der Waals surface area contributed by atoms with Crippen LogP contribution in [0.2, 0.25) is 0 Å². The van der Waals surface area contributed by atoms with Gasteiger partial charge in [-0.2, -0.15) is 0 Å². The lowest BCUT2D eigenvalue weighted by Crippen LogP contribution is -2.56. The van der Waals surface area contributed by atoms with Crippen LogP contribution in [-0.2, 0) is 25.3 Å². The zero-order valence-corrected chi connectivity index (χ0v) is 23.8. The maximum absolute atomic E-state index is 13.4. The number of ether oxygens (including phenoxy) is 1. The van der Waals surface area contributed by atoms with Crippen molar-refractivity contribution in [3.8, 4) is 0 Å². The van der Waals surface area contributed by atoms with Gasteiger partial charge in [-0.05, 0) is 60.8 Å². The Morgan fingerprint density at radius 1 is 1.32 bits per heavy atom. The zero-order chi connectivity index (χ0) is 28.4. The van der Waals surface area contributed by atoms with Gasteiger partial charge in [0.2, 0.25) is 0 Å². The molecule has 212 valence electrons. The van der Waals surface area contributed by atoms with Gasteiger partial charge in [0.15, 0.2) is 0 Å². The molecule has 3 aliphatic heterocycles. The highest BCUT2D eigenvalue weighted by atomic mass is 16.7. The predicted molar refractivity (Wildman–Crippen MR) is 152 cm³/mol. The van der Waals surface area contributed by atoms with Gasteiger partial charge in [0.25, 0.3) is 0 Å². The largest absolute Gasteiger partial charge is 0.482 e. The van der Waals surface area contributed by atoms with E-state index in [4.69, 9.17) is 18.5 Å². The minimum atomic E-state index is -0.659. The van der Waals surface area contributed by atoms with Gasteiger partial charge < -0.3 is 23.8 Å². The molecule has 1 aromatic carbocycles. The van der Waals surface area contributed by atoms with Crippen LogP contribution in [0.15, 0.2) is 64.0 Å². The van der Waals surface area contributed by atoms with E-state index in [0.717, 1.165) is 54.1 Å². The Balaban J connectivity index is 1.00. The fourth-order valence-electron chi connectivity index (χ4n) is 8.76. The quantitative estimate of drug-likeness (QED) is 0.211. The zero-order valence-electron chi connectivity index (χ0n) is 23.8. The van der Waals surface area contributed by atoms with Crippen LogP contribution in [-0.4, -0.2) is 66.8 Å². The minimum absolute atomic E-state index is 0.0471. The number of amides is 1. The predicted octanol–water partition coefficient (Wildman–Crippen LogP) is 4.53. The molecule has 1 unspecified atom stereocenters. The van der Waals surface area contributed by atoms with E-state index in [0.29, 0.717) is 30.0 Å². The number of hydrogen-bond donors (Lipinski definition) is 1. The second-order valence-corrected chi connectivity index (χ2v) is 13.9. The third kappa shape index (κ3) is 3.53. The fraction of sp³-hybridized carbons (Fsp3) is 0.531. The van der Waals surface area contributed by atoms with Crippen molar-refractivity contribution in [2.45, 2.75) is 82.1 Å². The number of carbonyl (C=O) groups is 2. The standard InChI is InChI=1S/C32H35BN2O6/c1-19(14-36)13-35-25-12-31(25)16-32(35,17-31)18-39-28(37)34-27(9-20-15-38-23-8-6-5-7-22(20)23)33-40-26-11-21-10-24(29(21,2)3)30(26,4)41-33/h5-8,14-15,25-27H,1,9,11-13,16-18H2,2-4H3,(H,34,37)/t25?,26-,27+,30+,31?,32?/m1/s1. The van der Waals surface area contributed by atoms with Gasteiger partial charge in [-0.1, -0.05) is 38.6 Å². The number of rotatable bonds is 9. The van der Waals surface area contributed by atoms with Crippen LogP contribution >= 0.6 is 0 Å². The van der Waals surface area contributed by atoms with E-state index in [-0.39, 0.29) is 23.7 Å². The van der Waals surface area contributed by atoms with Crippen molar-refractivity contribution >= 4 is 30.5 Å². The Hall–Kier alpha value is -3.10. The molecule has 0 radical (unpaired) electrons. The summed E-state index contributed by atoms with van der Waals surface area (Å²) in [5, 5.41) is 4.10. The number of furan rings is 1. The normalized spacial score (nSPS) is 35.8. The summed E-state index contributed by atoms with van der Waals surface area (Å²) in [5.41, 5.74) is 7.73. The highest BCUT2D eigenvalue weighted by Gasteiger charge is 2.79. The number of nitrogens with one attached hydrogen (secondary N) is 1. The van der Waals surface area contributed by atoms with Crippen molar-refractivity contribution in [3.05, 3.63) is 65.1 Å². The number of carbonyl (C=O) groups excluding carboxylic acids is 2. The topological polar surface area (TPSA) is 90.2 Å². The molecule has 4 atom stereocenters. The Labute approximate surface area is 239 Å². The van der Waals surface area contributed by atoms with Gasteiger partial charge in [0.05, 0.1) is 23.8 Å². The molecule has 1 N–H and O–H groups in total. The molecule has 4 bridgehead atoms.